The van der Waals surface area contributed by atoms with E-state index in [1.54, 1.807) is 0 Å². The minimum Gasteiger partial charge on any atom is -0.301 e. The fourth-order valence-corrected chi connectivity index (χ4v) is 2.24. The summed E-state index contributed by atoms with van der Waals surface area (Å²) in [5, 5.41) is 0.401. The highest BCUT2D eigenvalue weighted by molar-refractivity contribution is 7.81. The zero-order valence-electron chi connectivity index (χ0n) is 7.43. The molecule has 0 aliphatic carbocycles. The molecule has 1 heterocycles. The number of likely N-dealkylation sites (tertiary alicyclic amines) is 1. The molecule has 0 aromatic rings. The minimum absolute atomic E-state index is 0.366. The van der Waals surface area contributed by atoms with Crippen LogP contribution in [0.1, 0.15) is 6.42 Å². The van der Waals surface area contributed by atoms with Crippen molar-refractivity contribution in [2.45, 2.75) is 17.7 Å². The van der Waals surface area contributed by atoms with Crippen molar-refractivity contribution in [3.05, 3.63) is 0 Å². The maximum absolute atomic E-state index is 10.2. The number of rotatable bonds is 4. The molecule has 0 aromatic heterocycles. The molecule has 7 heteroatoms. The summed E-state index contributed by atoms with van der Waals surface area (Å²) in [4.78, 5) is 4.33. The lowest BCUT2D eigenvalue weighted by molar-refractivity contribution is 0.298. The van der Waals surface area contributed by atoms with Crippen LogP contribution < -0.4 is 10.3 Å². The summed E-state index contributed by atoms with van der Waals surface area (Å²) in [5.74, 6) is 0. The maximum atomic E-state index is 10.2. The lowest BCUT2D eigenvalue weighted by Crippen LogP contribution is -2.41. The van der Waals surface area contributed by atoms with Crippen molar-refractivity contribution in [1.29, 1.82) is 0 Å². The molecule has 0 aromatic carbocycles. The summed E-state index contributed by atoms with van der Waals surface area (Å²) < 4.78 is 20.3. The second kappa shape index (κ2) is 5.16. The van der Waals surface area contributed by atoms with E-state index in [9.17, 15) is 8.42 Å². The monoisotopic (exact) mass is 225 g/mol. The number of hydrogen-bond acceptors (Lipinski definition) is 5. The van der Waals surface area contributed by atoms with Crippen molar-refractivity contribution in [1.82, 2.24) is 15.2 Å². The van der Waals surface area contributed by atoms with Crippen molar-refractivity contribution in [2.24, 2.45) is 0 Å². The smallest absolute Gasteiger partial charge is 0.214 e. The molecule has 0 unspecified atom stereocenters. The summed E-state index contributed by atoms with van der Waals surface area (Å²) in [6.07, 6.45) is 0.990. The number of likely N-dealkylation sites (N-methyl/N-ethyl adjacent to an activating group) is 1. The second-order valence-corrected chi connectivity index (χ2v) is 4.70. The van der Waals surface area contributed by atoms with Crippen LogP contribution in [0.2, 0.25) is 0 Å². The van der Waals surface area contributed by atoms with Gasteiger partial charge >= 0.3 is 0 Å². The third kappa shape index (κ3) is 3.82. The number of hydrazine groups is 1. The van der Waals surface area contributed by atoms with Crippen LogP contribution in [0.15, 0.2) is 0 Å². The van der Waals surface area contributed by atoms with Gasteiger partial charge in [-0.15, -0.1) is 0 Å². The van der Waals surface area contributed by atoms with E-state index < -0.39 is 10.9 Å². The number of thiol groups is 2. The van der Waals surface area contributed by atoms with Gasteiger partial charge in [0, 0.05) is 24.4 Å². The molecule has 1 rings (SSSR count). The van der Waals surface area contributed by atoms with Gasteiger partial charge in [-0.25, -0.2) is 13.8 Å². The first kappa shape index (κ1) is 11.3. The quantitative estimate of drug-likeness (QED) is 0.351. The molecule has 0 amide bonds. The molecule has 2 atom stereocenters. The van der Waals surface area contributed by atoms with Gasteiger partial charge in [-0.05, 0) is 13.5 Å². The SMILES string of the molecule is CN1C[C@@H](S)C[C@H]1CNN[SH](=O)=O. The van der Waals surface area contributed by atoms with Crippen molar-refractivity contribution in [2.75, 3.05) is 20.1 Å². The normalized spacial score (nSPS) is 30.1. The van der Waals surface area contributed by atoms with Crippen LogP contribution in [0.25, 0.3) is 0 Å². The molecular formula is C6H15N3O2S2. The van der Waals surface area contributed by atoms with E-state index in [-0.39, 0.29) is 0 Å². The highest BCUT2D eigenvalue weighted by atomic mass is 32.2. The minimum atomic E-state index is -2.54. The van der Waals surface area contributed by atoms with Crippen LogP contribution in [0.4, 0.5) is 0 Å². The van der Waals surface area contributed by atoms with Gasteiger partial charge in [-0.3, -0.25) is 0 Å². The highest BCUT2D eigenvalue weighted by Crippen LogP contribution is 2.18. The van der Waals surface area contributed by atoms with Crippen LogP contribution >= 0.6 is 12.6 Å². The van der Waals surface area contributed by atoms with Gasteiger partial charge in [-0.1, -0.05) is 0 Å². The van der Waals surface area contributed by atoms with Gasteiger partial charge in [0.15, 0.2) is 0 Å². The molecule has 1 aliphatic rings. The fourth-order valence-electron chi connectivity index (χ4n) is 1.52. The van der Waals surface area contributed by atoms with Gasteiger partial charge in [0.1, 0.15) is 0 Å². The Morgan fingerprint density at radius 3 is 2.77 bits per heavy atom. The summed E-state index contributed by atoms with van der Waals surface area (Å²) in [6.45, 7) is 1.58. The maximum Gasteiger partial charge on any atom is 0.214 e. The van der Waals surface area contributed by atoms with Gasteiger partial charge in [0.2, 0.25) is 10.9 Å². The molecule has 0 spiro atoms. The Kier molecular flexibility index (Phi) is 4.47. The topological polar surface area (TPSA) is 61.4 Å². The molecule has 0 saturated carbocycles. The van der Waals surface area contributed by atoms with Gasteiger partial charge < -0.3 is 4.90 Å². The molecule has 2 N–H and O–H groups in total. The van der Waals surface area contributed by atoms with E-state index in [0.717, 1.165) is 13.0 Å². The van der Waals surface area contributed by atoms with Crippen molar-refractivity contribution >= 4 is 23.5 Å². The Morgan fingerprint density at radius 2 is 2.31 bits per heavy atom. The van der Waals surface area contributed by atoms with E-state index in [4.69, 9.17) is 0 Å². The standard InChI is InChI=1S/C6H15N3O2S2/c1-9-4-6(12)2-5(9)3-7-8-13(10)11/h5-7,12-13H,2-4H2,1H3,(H,8,10,11)/t5-,6-/m0/s1. The van der Waals surface area contributed by atoms with Crippen LogP contribution in [0.5, 0.6) is 0 Å². The Bertz CT molecular complexity index is 226. The van der Waals surface area contributed by atoms with Crippen LogP contribution in [-0.4, -0.2) is 44.7 Å². The lowest BCUT2D eigenvalue weighted by atomic mass is 10.2. The van der Waals surface area contributed by atoms with E-state index in [1.165, 1.54) is 0 Å². The summed E-state index contributed by atoms with van der Waals surface area (Å²) >= 11 is 4.36. The fraction of sp³-hybridized carbons (Fsp3) is 1.00. The molecule has 0 bridgehead atoms. The van der Waals surface area contributed by atoms with E-state index in [2.05, 4.69) is 27.8 Å². The Morgan fingerprint density at radius 1 is 1.62 bits per heavy atom. The first-order valence-electron chi connectivity index (χ1n) is 4.11. The molecular weight excluding hydrogens is 210 g/mol. The van der Waals surface area contributed by atoms with E-state index in [0.29, 0.717) is 17.8 Å². The average molecular weight is 225 g/mol. The average Bonchev–Trinajstić information content (AvgIpc) is 2.29. The molecule has 1 fully saturated rings. The predicted molar refractivity (Wildman–Crippen MR) is 55.3 cm³/mol. The number of hydrogen-bond donors (Lipinski definition) is 4. The van der Waals surface area contributed by atoms with E-state index >= 15 is 0 Å². The Balaban J connectivity index is 2.21. The zero-order chi connectivity index (χ0) is 9.84. The molecule has 1 saturated heterocycles. The third-order valence-corrected chi connectivity index (χ3v) is 2.89. The Hall–Kier alpha value is 0.180. The highest BCUT2D eigenvalue weighted by Gasteiger charge is 2.26. The second-order valence-electron chi connectivity index (χ2n) is 3.23. The van der Waals surface area contributed by atoms with Crippen LogP contribution in [0.3, 0.4) is 0 Å². The third-order valence-electron chi connectivity index (χ3n) is 2.17. The van der Waals surface area contributed by atoms with Crippen molar-refractivity contribution in [3.8, 4) is 0 Å². The largest absolute Gasteiger partial charge is 0.301 e. The summed E-state index contributed by atoms with van der Waals surface area (Å²) in [7, 11) is -0.531. The van der Waals surface area contributed by atoms with Crippen LogP contribution in [0, 0.1) is 0 Å². The first-order valence-corrected chi connectivity index (χ1v) is 5.80. The van der Waals surface area contributed by atoms with Crippen molar-refractivity contribution in [3.63, 3.8) is 0 Å². The molecule has 5 nitrogen and oxygen atoms in total. The summed E-state index contributed by atoms with van der Waals surface area (Å²) in [6, 6.07) is 0.366. The van der Waals surface area contributed by atoms with Gasteiger partial charge in [0.05, 0.1) is 0 Å². The van der Waals surface area contributed by atoms with Gasteiger partial charge in [0.25, 0.3) is 0 Å². The zero-order valence-corrected chi connectivity index (χ0v) is 9.22. The lowest BCUT2D eigenvalue weighted by Gasteiger charge is -2.18. The van der Waals surface area contributed by atoms with Crippen molar-refractivity contribution < 1.29 is 8.42 Å². The molecule has 0 radical (unpaired) electrons. The Labute approximate surface area is 85.3 Å². The van der Waals surface area contributed by atoms with Gasteiger partial charge in [-0.2, -0.15) is 17.5 Å². The molecule has 78 valence electrons. The first-order chi connectivity index (χ1) is 6.09. The molecule has 1 aliphatic heterocycles. The molecule has 13 heavy (non-hydrogen) atoms. The summed E-state index contributed by atoms with van der Waals surface area (Å²) in [5.41, 5.74) is 2.66. The van der Waals surface area contributed by atoms with Crippen LogP contribution in [-0.2, 0) is 10.9 Å². The van der Waals surface area contributed by atoms with E-state index in [1.807, 2.05) is 7.05 Å². The number of nitrogens with zero attached hydrogens (tertiary/aromatic N) is 1. The predicted octanol–water partition coefficient (Wildman–Crippen LogP) is -1.39. The number of nitrogens with one attached hydrogen (secondary N) is 2.